The van der Waals surface area contributed by atoms with Crippen molar-refractivity contribution in [1.29, 1.82) is 0 Å². The van der Waals surface area contributed by atoms with Crippen molar-refractivity contribution in [3.63, 3.8) is 0 Å². The monoisotopic (exact) mass is 174 g/mol. The third-order valence-corrected chi connectivity index (χ3v) is 2.74. The molecule has 0 aliphatic carbocycles. The highest BCUT2D eigenvalue weighted by atomic mass is 16.5. The third-order valence-electron chi connectivity index (χ3n) is 2.74. The summed E-state index contributed by atoms with van der Waals surface area (Å²) in [5.41, 5.74) is 0. The lowest BCUT2D eigenvalue weighted by atomic mass is 9.96. The summed E-state index contributed by atoms with van der Waals surface area (Å²) in [6, 6.07) is 0. The Hall–Kier alpha value is -0.120. The minimum absolute atomic E-state index is 0.194. The van der Waals surface area contributed by atoms with Gasteiger partial charge in [-0.2, -0.15) is 0 Å². The minimum atomic E-state index is -0.719. The molecule has 72 valence electrons. The fourth-order valence-corrected chi connectivity index (χ4v) is 1.58. The van der Waals surface area contributed by atoms with Gasteiger partial charge in [-0.1, -0.05) is 20.3 Å². The summed E-state index contributed by atoms with van der Waals surface area (Å²) in [6.45, 7) is 5.87. The van der Waals surface area contributed by atoms with Crippen LogP contribution in [0.4, 0.5) is 0 Å². The molecule has 12 heavy (non-hydrogen) atoms. The summed E-state index contributed by atoms with van der Waals surface area (Å²) in [6.07, 6.45) is -0.904. The summed E-state index contributed by atoms with van der Waals surface area (Å²) < 4.78 is 5.44. The van der Waals surface area contributed by atoms with Gasteiger partial charge in [-0.15, -0.1) is 0 Å². The second kappa shape index (κ2) is 3.73. The van der Waals surface area contributed by atoms with Gasteiger partial charge in [0.2, 0.25) is 0 Å². The largest absolute Gasteiger partial charge is 0.388 e. The molecule has 5 atom stereocenters. The van der Waals surface area contributed by atoms with Crippen molar-refractivity contribution in [3.05, 3.63) is 0 Å². The van der Waals surface area contributed by atoms with Crippen LogP contribution in [0.1, 0.15) is 27.2 Å². The van der Waals surface area contributed by atoms with Gasteiger partial charge in [0, 0.05) is 0 Å². The van der Waals surface area contributed by atoms with E-state index in [-0.39, 0.29) is 12.2 Å². The van der Waals surface area contributed by atoms with Crippen molar-refractivity contribution in [2.24, 2.45) is 5.92 Å². The van der Waals surface area contributed by atoms with Crippen molar-refractivity contribution in [2.75, 3.05) is 0 Å². The molecular formula is C9H18O3. The molecule has 1 unspecified atom stereocenters. The molecule has 1 fully saturated rings. The van der Waals surface area contributed by atoms with Crippen LogP contribution in [-0.2, 0) is 4.74 Å². The van der Waals surface area contributed by atoms with E-state index in [0.717, 1.165) is 6.42 Å². The molecule has 0 amide bonds. The molecular weight excluding hydrogens is 156 g/mol. The Morgan fingerprint density at radius 2 is 1.92 bits per heavy atom. The van der Waals surface area contributed by atoms with Crippen LogP contribution in [0.25, 0.3) is 0 Å². The summed E-state index contributed by atoms with van der Waals surface area (Å²) in [4.78, 5) is 0. The number of aliphatic hydroxyl groups excluding tert-OH is 2. The summed E-state index contributed by atoms with van der Waals surface area (Å²) in [5.74, 6) is 0.305. The number of hydrogen-bond donors (Lipinski definition) is 2. The van der Waals surface area contributed by atoms with Crippen LogP contribution in [-0.4, -0.2) is 34.6 Å². The zero-order valence-corrected chi connectivity index (χ0v) is 7.90. The van der Waals surface area contributed by atoms with Gasteiger partial charge in [0.1, 0.15) is 12.2 Å². The van der Waals surface area contributed by atoms with E-state index in [1.807, 2.05) is 6.92 Å². The highest BCUT2D eigenvalue weighted by Gasteiger charge is 2.41. The maximum Gasteiger partial charge on any atom is 0.109 e. The van der Waals surface area contributed by atoms with E-state index in [1.165, 1.54) is 0 Å². The molecule has 3 heteroatoms. The summed E-state index contributed by atoms with van der Waals surface area (Å²) in [5, 5.41) is 19.0. The fourth-order valence-electron chi connectivity index (χ4n) is 1.58. The lowest BCUT2D eigenvalue weighted by Gasteiger charge is -2.20. The third kappa shape index (κ3) is 1.63. The van der Waals surface area contributed by atoms with Gasteiger partial charge >= 0.3 is 0 Å². The summed E-state index contributed by atoms with van der Waals surface area (Å²) in [7, 11) is 0. The standard InChI is InChI=1S/C9H18O3/c1-4-5(2)9-8(11)7(10)6(3)12-9/h5-11H,4H2,1-3H3/t5?,6-,7-,8-,9+/m0/s1. The lowest BCUT2D eigenvalue weighted by molar-refractivity contribution is -0.0170. The Morgan fingerprint density at radius 1 is 1.33 bits per heavy atom. The van der Waals surface area contributed by atoms with Crippen LogP contribution < -0.4 is 0 Å². The number of hydrogen-bond acceptors (Lipinski definition) is 3. The topological polar surface area (TPSA) is 49.7 Å². The molecule has 0 spiro atoms. The smallest absolute Gasteiger partial charge is 0.109 e. The molecule has 2 N–H and O–H groups in total. The van der Waals surface area contributed by atoms with Crippen molar-refractivity contribution in [1.82, 2.24) is 0 Å². The van der Waals surface area contributed by atoms with Crippen molar-refractivity contribution < 1.29 is 14.9 Å². The number of rotatable bonds is 2. The van der Waals surface area contributed by atoms with Crippen LogP contribution in [0, 0.1) is 5.92 Å². The minimum Gasteiger partial charge on any atom is -0.388 e. The van der Waals surface area contributed by atoms with Crippen molar-refractivity contribution in [2.45, 2.75) is 51.6 Å². The Bertz CT molecular complexity index is 149. The van der Waals surface area contributed by atoms with Crippen LogP contribution in [0.3, 0.4) is 0 Å². The number of ether oxygens (including phenoxy) is 1. The fraction of sp³-hybridized carbons (Fsp3) is 1.00. The second-order valence-corrected chi connectivity index (χ2v) is 3.67. The van der Waals surface area contributed by atoms with Crippen LogP contribution in [0.15, 0.2) is 0 Å². The second-order valence-electron chi connectivity index (χ2n) is 3.67. The van der Waals surface area contributed by atoms with Crippen molar-refractivity contribution >= 4 is 0 Å². The van der Waals surface area contributed by atoms with Gasteiger partial charge in [0.25, 0.3) is 0 Å². The van der Waals surface area contributed by atoms with E-state index in [2.05, 4.69) is 6.92 Å². The molecule has 1 aliphatic heterocycles. The first-order chi connectivity index (χ1) is 5.57. The molecule has 0 saturated carbocycles. The van der Waals surface area contributed by atoms with Gasteiger partial charge < -0.3 is 14.9 Å². The van der Waals surface area contributed by atoms with Crippen LogP contribution in [0.5, 0.6) is 0 Å². The first-order valence-corrected chi connectivity index (χ1v) is 4.59. The maximum atomic E-state index is 9.55. The molecule has 0 aromatic carbocycles. The molecule has 0 aromatic rings. The quantitative estimate of drug-likeness (QED) is 0.642. The van der Waals surface area contributed by atoms with Gasteiger partial charge in [0.05, 0.1) is 12.2 Å². The Balaban J connectivity index is 2.58. The zero-order chi connectivity index (χ0) is 9.30. The van der Waals surface area contributed by atoms with E-state index in [4.69, 9.17) is 4.74 Å². The molecule has 3 nitrogen and oxygen atoms in total. The molecule has 0 radical (unpaired) electrons. The summed E-state index contributed by atoms with van der Waals surface area (Å²) >= 11 is 0. The zero-order valence-electron chi connectivity index (χ0n) is 7.90. The number of aliphatic hydroxyl groups is 2. The Morgan fingerprint density at radius 3 is 2.25 bits per heavy atom. The lowest BCUT2D eigenvalue weighted by Crippen LogP contribution is -2.34. The van der Waals surface area contributed by atoms with E-state index in [1.54, 1.807) is 6.92 Å². The SMILES string of the molecule is CCC(C)[C@H]1O[C@@H](C)[C@H](O)[C@@H]1O. The molecule has 1 heterocycles. The molecule has 1 rings (SSSR count). The van der Waals surface area contributed by atoms with E-state index in [9.17, 15) is 10.2 Å². The normalized spacial score (nSPS) is 44.8. The van der Waals surface area contributed by atoms with Gasteiger partial charge in [-0.05, 0) is 12.8 Å². The predicted octanol–water partition coefficient (Wildman–Crippen LogP) is 0.542. The van der Waals surface area contributed by atoms with Gasteiger partial charge in [-0.25, -0.2) is 0 Å². The average molecular weight is 174 g/mol. The van der Waals surface area contributed by atoms with Gasteiger partial charge in [-0.3, -0.25) is 0 Å². The first-order valence-electron chi connectivity index (χ1n) is 4.59. The molecule has 1 saturated heterocycles. The van der Waals surface area contributed by atoms with Crippen molar-refractivity contribution in [3.8, 4) is 0 Å². The van der Waals surface area contributed by atoms with Crippen LogP contribution in [0.2, 0.25) is 0 Å². The first kappa shape index (κ1) is 9.96. The van der Waals surface area contributed by atoms with Crippen LogP contribution >= 0.6 is 0 Å². The highest BCUT2D eigenvalue weighted by Crippen LogP contribution is 2.27. The Labute approximate surface area is 73.4 Å². The van der Waals surface area contributed by atoms with E-state index in [0.29, 0.717) is 5.92 Å². The molecule has 0 bridgehead atoms. The van der Waals surface area contributed by atoms with E-state index < -0.39 is 12.2 Å². The van der Waals surface area contributed by atoms with Gasteiger partial charge in [0.15, 0.2) is 0 Å². The molecule has 1 aliphatic rings. The molecule has 0 aromatic heterocycles. The highest BCUT2D eigenvalue weighted by molar-refractivity contribution is 4.90. The average Bonchev–Trinajstić information content (AvgIpc) is 2.32. The van der Waals surface area contributed by atoms with E-state index >= 15 is 0 Å². The predicted molar refractivity (Wildman–Crippen MR) is 45.8 cm³/mol. The Kier molecular flexibility index (Phi) is 3.09. The maximum absolute atomic E-state index is 9.55.